The molecule has 1 aliphatic heterocycles. The van der Waals surface area contributed by atoms with Crippen LogP contribution in [0.2, 0.25) is 0 Å². The molecule has 0 radical (unpaired) electrons. The number of benzene rings is 1. The van der Waals surface area contributed by atoms with Crippen molar-refractivity contribution in [3.8, 4) is 5.75 Å². The molecule has 94 valence electrons. The van der Waals surface area contributed by atoms with E-state index in [1.807, 2.05) is 24.3 Å². The molecule has 1 heterocycles. The van der Waals surface area contributed by atoms with Gasteiger partial charge in [-0.05, 0) is 37.5 Å². The van der Waals surface area contributed by atoms with Gasteiger partial charge in [0.1, 0.15) is 12.4 Å². The van der Waals surface area contributed by atoms with Gasteiger partial charge in [0.25, 0.3) is 0 Å². The van der Waals surface area contributed by atoms with Crippen molar-refractivity contribution in [1.29, 1.82) is 0 Å². The molecule has 1 fully saturated rings. The number of rotatable bonds is 5. The van der Waals surface area contributed by atoms with Crippen molar-refractivity contribution in [3.05, 3.63) is 28.7 Å². The molecule has 0 aromatic heterocycles. The second-order valence-corrected chi connectivity index (χ2v) is 4.89. The van der Waals surface area contributed by atoms with Crippen molar-refractivity contribution in [3.63, 3.8) is 0 Å². The normalized spacial score (nSPS) is 20.2. The summed E-state index contributed by atoms with van der Waals surface area (Å²) in [5.74, 6) is 0.854. The first-order valence-electron chi connectivity index (χ1n) is 5.96. The van der Waals surface area contributed by atoms with Crippen LogP contribution < -0.4 is 4.74 Å². The van der Waals surface area contributed by atoms with Crippen LogP contribution in [-0.4, -0.2) is 26.1 Å². The van der Waals surface area contributed by atoms with Crippen LogP contribution in [0.15, 0.2) is 28.7 Å². The zero-order valence-electron chi connectivity index (χ0n) is 9.73. The third-order valence-corrected chi connectivity index (χ3v) is 3.08. The van der Waals surface area contributed by atoms with Gasteiger partial charge in [-0.2, -0.15) is 0 Å². The summed E-state index contributed by atoms with van der Waals surface area (Å²) in [6.45, 7) is 1.94. The molecule has 1 saturated heterocycles. The van der Waals surface area contributed by atoms with Crippen LogP contribution in [0.4, 0.5) is 0 Å². The van der Waals surface area contributed by atoms with Gasteiger partial charge in [0.2, 0.25) is 0 Å². The van der Waals surface area contributed by atoms with E-state index in [9.17, 15) is 0 Å². The first kappa shape index (κ1) is 12.9. The highest BCUT2D eigenvalue weighted by molar-refractivity contribution is 9.10. The van der Waals surface area contributed by atoms with Crippen molar-refractivity contribution in [1.82, 2.24) is 0 Å². The standard InChI is InChI=1S/C13H17BrO3/c14-11-4-3-5-12(10-11)15-8-9-17-13-6-1-2-7-16-13/h3-5,10,13H,1-2,6-9H2/t13-/m1/s1. The Balaban J connectivity index is 1.62. The van der Waals surface area contributed by atoms with Gasteiger partial charge >= 0.3 is 0 Å². The molecule has 0 bridgehead atoms. The van der Waals surface area contributed by atoms with Crippen molar-refractivity contribution >= 4 is 15.9 Å². The van der Waals surface area contributed by atoms with Crippen molar-refractivity contribution < 1.29 is 14.2 Å². The summed E-state index contributed by atoms with van der Waals surface area (Å²) in [6.07, 6.45) is 3.30. The zero-order valence-corrected chi connectivity index (χ0v) is 11.3. The Morgan fingerprint density at radius 3 is 3.00 bits per heavy atom. The highest BCUT2D eigenvalue weighted by Gasteiger charge is 2.13. The highest BCUT2D eigenvalue weighted by atomic mass is 79.9. The molecule has 2 rings (SSSR count). The van der Waals surface area contributed by atoms with E-state index < -0.39 is 0 Å². The Morgan fingerprint density at radius 1 is 1.29 bits per heavy atom. The molecular formula is C13H17BrO3. The molecule has 1 aromatic carbocycles. The van der Waals surface area contributed by atoms with Crippen LogP contribution >= 0.6 is 15.9 Å². The second kappa shape index (κ2) is 6.99. The predicted molar refractivity (Wildman–Crippen MR) is 69.2 cm³/mol. The number of halogens is 1. The fourth-order valence-corrected chi connectivity index (χ4v) is 2.12. The van der Waals surface area contributed by atoms with Gasteiger partial charge in [-0.3, -0.25) is 0 Å². The van der Waals surface area contributed by atoms with Crippen molar-refractivity contribution in [2.24, 2.45) is 0 Å². The predicted octanol–water partition coefficient (Wildman–Crippen LogP) is 3.37. The van der Waals surface area contributed by atoms with E-state index in [1.54, 1.807) is 0 Å². The molecule has 0 spiro atoms. The van der Waals surface area contributed by atoms with E-state index in [1.165, 1.54) is 6.42 Å². The highest BCUT2D eigenvalue weighted by Crippen LogP contribution is 2.18. The Kier molecular flexibility index (Phi) is 5.29. The van der Waals surface area contributed by atoms with Crippen LogP contribution in [0.1, 0.15) is 19.3 Å². The molecule has 4 heteroatoms. The van der Waals surface area contributed by atoms with E-state index in [0.717, 1.165) is 29.7 Å². The van der Waals surface area contributed by atoms with Gasteiger partial charge in [0.05, 0.1) is 6.61 Å². The van der Waals surface area contributed by atoms with Crippen molar-refractivity contribution in [2.75, 3.05) is 19.8 Å². The monoisotopic (exact) mass is 300 g/mol. The number of ether oxygens (including phenoxy) is 3. The first-order chi connectivity index (χ1) is 8.34. The topological polar surface area (TPSA) is 27.7 Å². The number of hydrogen-bond acceptors (Lipinski definition) is 3. The van der Waals surface area contributed by atoms with Gasteiger partial charge in [-0.1, -0.05) is 22.0 Å². The van der Waals surface area contributed by atoms with Gasteiger partial charge in [-0.25, -0.2) is 0 Å². The quantitative estimate of drug-likeness (QED) is 0.780. The third kappa shape index (κ3) is 4.66. The molecule has 1 aliphatic rings. The molecule has 17 heavy (non-hydrogen) atoms. The lowest BCUT2D eigenvalue weighted by molar-refractivity contribution is -0.165. The third-order valence-electron chi connectivity index (χ3n) is 2.59. The average Bonchev–Trinajstić information content (AvgIpc) is 2.36. The van der Waals surface area contributed by atoms with E-state index >= 15 is 0 Å². The fraction of sp³-hybridized carbons (Fsp3) is 0.538. The number of hydrogen-bond donors (Lipinski definition) is 0. The Hall–Kier alpha value is -0.580. The second-order valence-electron chi connectivity index (χ2n) is 3.97. The Morgan fingerprint density at radius 2 is 2.24 bits per heavy atom. The molecule has 1 aromatic rings. The van der Waals surface area contributed by atoms with Gasteiger partial charge in [-0.15, -0.1) is 0 Å². The summed E-state index contributed by atoms with van der Waals surface area (Å²) in [7, 11) is 0. The van der Waals surface area contributed by atoms with Gasteiger partial charge in [0, 0.05) is 11.1 Å². The maximum absolute atomic E-state index is 5.58. The molecule has 0 unspecified atom stereocenters. The van der Waals surface area contributed by atoms with Crippen LogP contribution in [0.25, 0.3) is 0 Å². The average molecular weight is 301 g/mol. The molecule has 3 nitrogen and oxygen atoms in total. The van der Waals surface area contributed by atoms with Crippen LogP contribution in [0.3, 0.4) is 0 Å². The van der Waals surface area contributed by atoms with Crippen LogP contribution in [-0.2, 0) is 9.47 Å². The lowest BCUT2D eigenvalue weighted by Crippen LogP contribution is -2.24. The van der Waals surface area contributed by atoms with E-state index in [-0.39, 0.29) is 6.29 Å². The Labute approximate surface area is 110 Å². The molecule has 0 aliphatic carbocycles. The molecular weight excluding hydrogens is 284 g/mol. The van der Waals surface area contributed by atoms with Gasteiger partial charge < -0.3 is 14.2 Å². The summed E-state index contributed by atoms with van der Waals surface area (Å²) in [5, 5.41) is 0. The van der Waals surface area contributed by atoms with E-state index in [2.05, 4.69) is 15.9 Å². The smallest absolute Gasteiger partial charge is 0.157 e. The lowest BCUT2D eigenvalue weighted by atomic mass is 10.2. The minimum atomic E-state index is -0.0325. The maximum Gasteiger partial charge on any atom is 0.157 e. The largest absolute Gasteiger partial charge is 0.491 e. The lowest BCUT2D eigenvalue weighted by Gasteiger charge is -2.22. The minimum absolute atomic E-state index is 0.0325. The fourth-order valence-electron chi connectivity index (χ4n) is 1.74. The van der Waals surface area contributed by atoms with E-state index in [0.29, 0.717) is 13.2 Å². The summed E-state index contributed by atoms with van der Waals surface area (Å²) < 4.78 is 17.6. The summed E-state index contributed by atoms with van der Waals surface area (Å²) >= 11 is 3.40. The van der Waals surface area contributed by atoms with Crippen LogP contribution in [0, 0.1) is 0 Å². The zero-order chi connectivity index (χ0) is 11.9. The SMILES string of the molecule is Brc1cccc(OCCO[C@@H]2CCCCO2)c1. The molecule has 0 amide bonds. The summed E-state index contributed by atoms with van der Waals surface area (Å²) in [5.41, 5.74) is 0. The summed E-state index contributed by atoms with van der Waals surface area (Å²) in [6, 6.07) is 7.79. The summed E-state index contributed by atoms with van der Waals surface area (Å²) in [4.78, 5) is 0. The molecule has 0 N–H and O–H groups in total. The Bertz CT molecular complexity index is 337. The first-order valence-corrected chi connectivity index (χ1v) is 6.75. The molecule has 1 atom stereocenters. The van der Waals surface area contributed by atoms with Crippen molar-refractivity contribution in [2.45, 2.75) is 25.6 Å². The maximum atomic E-state index is 5.58. The van der Waals surface area contributed by atoms with Gasteiger partial charge in [0.15, 0.2) is 6.29 Å². The van der Waals surface area contributed by atoms with Crippen LogP contribution in [0.5, 0.6) is 5.75 Å². The molecule has 0 saturated carbocycles. The van der Waals surface area contributed by atoms with E-state index in [4.69, 9.17) is 14.2 Å². The minimum Gasteiger partial charge on any atom is -0.491 e.